The van der Waals surface area contributed by atoms with Crippen LogP contribution in [0.5, 0.6) is 0 Å². The average molecular weight is 457 g/mol. The van der Waals surface area contributed by atoms with Gasteiger partial charge >= 0.3 is 0 Å². The van der Waals surface area contributed by atoms with Crippen LogP contribution < -0.4 is 5.32 Å². The molecule has 0 bridgehead atoms. The van der Waals surface area contributed by atoms with E-state index in [4.69, 9.17) is 9.72 Å². The van der Waals surface area contributed by atoms with E-state index < -0.39 is 0 Å². The summed E-state index contributed by atoms with van der Waals surface area (Å²) in [6.45, 7) is 4.37. The highest BCUT2D eigenvalue weighted by molar-refractivity contribution is 5.85. The molecule has 4 heterocycles. The third kappa shape index (κ3) is 4.82. The minimum absolute atomic E-state index is 0. The van der Waals surface area contributed by atoms with Crippen molar-refractivity contribution < 1.29 is 9.53 Å². The van der Waals surface area contributed by atoms with Crippen LogP contribution in [-0.2, 0) is 21.6 Å². The summed E-state index contributed by atoms with van der Waals surface area (Å²) in [7, 11) is 0. The van der Waals surface area contributed by atoms with Gasteiger partial charge in [0.2, 0.25) is 5.91 Å². The van der Waals surface area contributed by atoms with Crippen LogP contribution in [-0.4, -0.2) is 53.6 Å². The molecular weight excluding hydrogens is 424 g/mol. The first-order chi connectivity index (χ1) is 15.2. The zero-order valence-corrected chi connectivity index (χ0v) is 19.4. The van der Waals surface area contributed by atoms with Crippen molar-refractivity contribution >= 4 is 18.3 Å². The van der Waals surface area contributed by atoms with Crippen LogP contribution in [0.3, 0.4) is 0 Å². The number of hydrogen-bond acceptors (Lipinski definition) is 5. The summed E-state index contributed by atoms with van der Waals surface area (Å²) in [5.41, 5.74) is 2.87. The lowest BCUT2D eigenvalue weighted by Gasteiger charge is -2.44. The van der Waals surface area contributed by atoms with E-state index in [0.717, 1.165) is 68.9 Å². The molecule has 0 aliphatic carbocycles. The highest BCUT2D eigenvalue weighted by Crippen LogP contribution is 2.41. The average Bonchev–Trinajstić information content (AvgIpc) is 2.84. The predicted molar refractivity (Wildman–Crippen MR) is 127 cm³/mol. The van der Waals surface area contributed by atoms with Gasteiger partial charge in [-0.3, -0.25) is 4.79 Å². The maximum atomic E-state index is 12.8. The van der Waals surface area contributed by atoms with E-state index in [0.29, 0.717) is 24.9 Å². The molecule has 1 N–H and O–H groups in total. The van der Waals surface area contributed by atoms with Crippen LogP contribution in [0.1, 0.15) is 49.8 Å². The number of carbonyl (C=O) groups is 1. The molecule has 2 aromatic rings. The maximum Gasteiger partial charge on any atom is 0.222 e. The van der Waals surface area contributed by atoms with Gasteiger partial charge in [0.15, 0.2) is 5.82 Å². The Labute approximate surface area is 196 Å². The number of likely N-dealkylation sites (tertiary alicyclic amines) is 1. The third-order valence-corrected chi connectivity index (χ3v) is 7.23. The number of fused-ring (bicyclic) bond motifs is 2. The number of halogens is 1. The van der Waals surface area contributed by atoms with Gasteiger partial charge in [0.25, 0.3) is 0 Å². The van der Waals surface area contributed by atoms with Crippen molar-refractivity contribution in [3.8, 4) is 11.4 Å². The van der Waals surface area contributed by atoms with E-state index in [-0.39, 0.29) is 18.0 Å². The zero-order valence-electron chi connectivity index (χ0n) is 18.6. The summed E-state index contributed by atoms with van der Waals surface area (Å²) >= 11 is 0. The van der Waals surface area contributed by atoms with E-state index in [9.17, 15) is 4.79 Å². The van der Waals surface area contributed by atoms with Gasteiger partial charge in [-0.25, -0.2) is 9.97 Å². The molecule has 5 rings (SSSR count). The summed E-state index contributed by atoms with van der Waals surface area (Å²) in [6, 6.07) is 10.1. The number of amides is 1. The lowest BCUT2D eigenvalue weighted by molar-refractivity contribution is -0.141. The number of nitrogens with one attached hydrogen (secondary N) is 1. The van der Waals surface area contributed by atoms with Gasteiger partial charge in [0.1, 0.15) is 5.60 Å². The Kier molecular flexibility index (Phi) is 7.44. The third-order valence-electron chi connectivity index (χ3n) is 7.23. The summed E-state index contributed by atoms with van der Waals surface area (Å²) in [5, 5.41) is 3.40. The second-order valence-electron chi connectivity index (χ2n) is 9.14. The van der Waals surface area contributed by atoms with Crippen LogP contribution in [0.4, 0.5) is 0 Å². The molecule has 1 amide bonds. The van der Waals surface area contributed by atoms with Gasteiger partial charge in [-0.15, -0.1) is 12.4 Å². The first-order valence-electron chi connectivity index (χ1n) is 11.8. The number of benzene rings is 1. The molecule has 0 unspecified atom stereocenters. The van der Waals surface area contributed by atoms with Gasteiger partial charge in [-0.05, 0) is 63.1 Å². The lowest BCUT2D eigenvalue weighted by Crippen LogP contribution is -2.49. The quantitative estimate of drug-likeness (QED) is 0.759. The number of nitrogens with zero attached hydrogens (tertiary/aromatic N) is 3. The summed E-state index contributed by atoms with van der Waals surface area (Å²) in [6.07, 6.45) is 8.55. The first-order valence-corrected chi connectivity index (χ1v) is 11.8. The summed E-state index contributed by atoms with van der Waals surface area (Å²) in [5.74, 6) is 1.75. The molecule has 0 atom stereocenters. The molecule has 3 aliphatic heterocycles. The fourth-order valence-electron chi connectivity index (χ4n) is 5.29. The Hall–Kier alpha value is -2.02. The number of hydrogen-bond donors (Lipinski definition) is 1. The number of ether oxygens (including phenoxy) is 1. The Morgan fingerprint density at radius 1 is 1.16 bits per heavy atom. The van der Waals surface area contributed by atoms with E-state index >= 15 is 0 Å². The van der Waals surface area contributed by atoms with Crippen molar-refractivity contribution in [1.82, 2.24) is 20.2 Å². The monoisotopic (exact) mass is 456 g/mol. The number of aromatic nitrogens is 2. The summed E-state index contributed by atoms with van der Waals surface area (Å²) < 4.78 is 6.37. The van der Waals surface area contributed by atoms with Crippen LogP contribution in [0.15, 0.2) is 36.5 Å². The van der Waals surface area contributed by atoms with Crippen molar-refractivity contribution in [2.45, 2.75) is 50.5 Å². The Morgan fingerprint density at radius 2 is 1.91 bits per heavy atom. The van der Waals surface area contributed by atoms with Gasteiger partial charge in [-0.1, -0.05) is 30.3 Å². The van der Waals surface area contributed by atoms with Gasteiger partial charge in [0.05, 0.1) is 12.3 Å². The van der Waals surface area contributed by atoms with Crippen LogP contribution in [0.2, 0.25) is 0 Å². The minimum Gasteiger partial charge on any atom is -0.368 e. The SMILES string of the molecule is Cl.O=C(CCC1CCNCC1)N1CCC2(CC1)OCCc1cnc(-c3ccccc3)nc12. The van der Waals surface area contributed by atoms with Gasteiger partial charge in [0, 0.05) is 31.3 Å². The molecule has 2 saturated heterocycles. The van der Waals surface area contributed by atoms with E-state index in [1.165, 1.54) is 18.4 Å². The molecule has 0 saturated carbocycles. The predicted octanol–water partition coefficient (Wildman–Crippen LogP) is 3.74. The molecule has 172 valence electrons. The van der Waals surface area contributed by atoms with Crippen molar-refractivity contribution in [1.29, 1.82) is 0 Å². The maximum absolute atomic E-state index is 12.8. The topological polar surface area (TPSA) is 67.4 Å². The first kappa shape index (κ1) is 23.1. The minimum atomic E-state index is -0.383. The molecule has 0 radical (unpaired) electrons. The van der Waals surface area contributed by atoms with Crippen LogP contribution >= 0.6 is 12.4 Å². The number of carbonyl (C=O) groups excluding carboxylic acids is 1. The van der Waals surface area contributed by atoms with E-state index in [1.54, 1.807) is 0 Å². The smallest absolute Gasteiger partial charge is 0.222 e. The van der Waals surface area contributed by atoms with Gasteiger partial charge in [-0.2, -0.15) is 0 Å². The molecular formula is C25H33ClN4O2. The number of piperidine rings is 2. The van der Waals surface area contributed by atoms with Crippen molar-refractivity contribution in [2.24, 2.45) is 5.92 Å². The highest BCUT2D eigenvalue weighted by atomic mass is 35.5. The second-order valence-corrected chi connectivity index (χ2v) is 9.14. The van der Waals surface area contributed by atoms with Crippen molar-refractivity contribution in [3.05, 3.63) is 47.8 Å². The largest absolute Gasteiger partial charge is 0.368 e. The van der Waals surface area contributed by atoms with Crippen LogP contribution in [0, 0.1) is 5.92 Å². The summed E-state index contributed by atoms with van der Waals surface area (Å²) in [4.78, 5) is 24.5. The Bertz CT molecular complexity index is 909. The normalized spacial score (nSPS) is 20.4. The molecule has 1 aromatic carbocycles. The molecule has 1 aromatic heterocycles. The van der Waals surface area contributed by atoms with Crippen LogP contribution in [0.25, 0.3) is 11.4 Å². The Balaban J connectivity index is 0.00000245. The van der Waals surface area contributed by atoms with Gasteiger partial charge < -0.3 is 15.0 Å². The molecule has 3 aliphatic rings. The fourth-order valence-corrected chi connectivity index (χ4v) is 5.29. The lowest BCUT2D eigenvalue weighted by atomic mass is 9.83. The molecule has 7 heteroatoms. The van der Waals surface area contributed by atoms with Crippen molar-refractivity contribution in [2.75, 3.05) is 32.8 Å². The second kappa shape index (κ2) is 10.3. The molecule has 2 fully saturated rings. The molecule has 32 heavy (non-hydrogen) atoms. The zero-order chi connectivity index (χ0) is 21.1. The van der Waals surface area contributed by atoms with E-state index in [1.807, 2.05) is 41.4 Å². The standard InChI is InChI=1S/C25H32N4O2.ClH/c30-22(7-6-19-8-13-26-14-9-19)29-15-11-25(12-16-29)23-21(10-17-31-25)18-27-24(28-23)20-4-2-1-3-5-20;/h1-5,18-19,26H,6-17H2;1H. The Morgan fingerprint density at radius 3 is 2.66 bits per heavy atom. The molecule has 6 nitrogen and oxygen atoms in total. The number of rotatable bonds is 4. The fraction of sp³-hybridized carbons (Fsp3) is 0.560. The molecule has 1 spiro atoms. The van der Waals surface area contributed by atoms with E-state index in [2.05, 4.69) is 10.3 Å². The highest BCUT2D eigenvalue weighted by Gasteiger charge is 2.43. The van der Waals surface area contributed by atoms with Crippen molar-refractivity contribution in [3.63, 3.8) is 0 Å².